The number of halogens is 3. The monoisotopic (exact) mass is 292 g/mol. The average molecular weight is 293 g/mol. The Balaban J connectivity index is 3.09. The van der Waals surface area contributed by atoms with Crippen molar-refractivity contribution in [3.8, 4) is 5.75 Å². The summed E-state index contributed by atoms with van der Waals surface area (Å²) in [4.78, 5) is 7.83. The van der Waals surface area contributed by atoms with Crippen LogP contribution in [0.25, 0.3) is 0 Å². The molecule has 0 radical (unpaired) electrons. The summed E-state index contributed by atoms with van der Waals surface area (Å²) in [5, 5.41) is 0. The number of ketones is 1. The van der Waals surface area contributed by atoms with E-state index in [0.717, 1.165) is 0 Å². The zero-order valence-electron chi connectivity index (χ0n) is 8.84. The minimum Gasteiger partial charge on any atom is -0.490 e. The quantitative estimate of drug-likeness (QED) is 0.625. The summed E-state index contributed by atoms with van der Waals surface area (Å²) in [5.74, 6) is -1.13. The van der Waals surface area contributed by atoms with Gasteiger partial charge in [0, 0.05) is 0 Å². The van der Waals surface area contributed by atoms with Gasteiger partial charge >= 0.3 is 4.83 Å². The molecule has 16 heavy (non-hydrogen) atoms. The minimum atomic E-state index is -3.57. The number of rotatable bonds is 4. The van der Waals surface area contributed by atoms with Crippen molar-refractivity contribution in [2.45, 2.75) is 24.8 Å². The summed E-state index contributed by atoms with van der Waals surface area (Å²) in [7, 11) is 0. The van der Waals surface area contributed by atoms with E-state index < -0.39 is 10.6 Å². The van der Waals surface area contributed by atoms with Crippen LogP contribution in [0.15, 0.2) is 24.3 Å². The predicted molar refractivity (Wildman–Crippen MR) is 60.4 cm³/mol. The van der Waals surface area contributed by atoms with Gasteiger partial charge in [0.05, 0.1) is 11.7 Å². The van der Waals surface area contributed by atoms with Crippen LogP contribution in [0.2, 0.25) is 0 Å². The molecule has 0 atom stereocenters. The maximum atomic E-state index is 12.8. The van der Waals surface area contributed by atoms with Crippen molar-refractivity contribution in [2.24, 2.45) is 0 Å². The molecule has 0 saturated carbocycles. The number of hydrogen-bond acceptors (Lipinski definition) is 2. The molecule has 0 aliphatic rings. The number of benzene rings is 1. The van der Waals surface area contributed by atoms with Gasteiger partial charge in [-0.15, -0.1) is 0 Å². The normalized spacial score (nSPS) is 11.6. The first-order chi connectivity index (χ1) is 7.32. The van der Waals surface area contributed by atoms with Gasteiger partial charge < -0.3 is 4.74 Å². The fourth-order valence-corrected chi connectivity index (χ4v) is 1.38. The van der Waals surface area contributed by atoms with E-state index in [1.807, 2.05) is 15.9 Å². The third-order valence-corrected chi connectivity index (χ3v) is 2.11. The van der Waals surface area contributed by atoms with Crippen molar-refractivity contribution in [2.75, 3.05) is 0 Å². The van der Waals surface area contributed by atoms with Gasteiger partial charge in [0.15, 0.2) is 0 Å². The highest BCUT2D eigenvalue weighted by molar-refractivity contribution is 9.10. The third kappa shape index (κ3) is 3.27. The van der Waals surface area contributed by atoms with Crippen molar-refractivity contribution in [1.82, 2.24) is 0 Å². The maximum absolute atomic E-state index is 12.8. The lowest BCUT2D eigenvalue weighted by Crippen LogP contribution is -2.22. The smallest absolute Gasteiger partial charge is 0.363 e. The number of para-hydroxylation sites is 1. The SMILES string of the molecule is CC(C)Oc1ccccc1C(=O)C(F)(F)Br. The highest BCUT2D eigenvalue weighted by Crippen LogP contribution is 2.31. The van der Waals surface area contributed by atoms with Crippen LogP contribution in [0.5, 0.6) is 5.75 Å². The Bertz CT molecular complexity index is 386. The lowest BCUT2D eigenvalue weighted by molar-refractivity contribution is 0.0587. The van der Waals surface area contributed by atoms with E-state index in [1.165, 1.54) is 18.2 Å². The van der Waals surface area contributed by atoms with Crippen LogP contribution in [0.4, 0.5) is 8.78 Å². The van der Waals surface area contributed by atoms with Crippen LogP contribution in [0, 0.1) is 0 Å². The van der Waals surface area contributed by atoms with Gasteiger partial charge in [-0.3, -0.25) is 4.79 Å². The molecule has 0 aliphatic heterocycles. The fourth-order valence-electron chi connectivity index (χ4n) is 1.16. The predicted octanol–water partition coefficient (Wildman–Crippen LogP) is 3.64. The molecular formula is C11H11BrF2O2. The van der Waals surface area contributed by atoms with Crippen LogP contribution in [0.1, 0.15) is 24.2 Å². The molecule has 0 spiro atoms. The summed E-state index contributed by atoms with van der Waals surface area (Å²) in [6.45, 7) is 3.51. The average Bonchev–Trinajstić information content (AvgIpc) is 2.15. The molecule has 0 N–H and O–H groups in total. The van der Waals surface area contributed by atoms with Gasteiger partial charge in [0.25, 0.3) is 0 Å². The van der Waals surface area contributed by atoms with Crippen molar-refractivity contribution in [3.05, 3.63) is 29.8 Å². The van der Waals surface area contributed by atoms with E-state index in [4.69, 9.17) is 4.74 Å². The van der Waals surface area contributed by atoms with E-state index in [2.05, 4.69) is 0 Å². The Morgan fingerprint density at radius 3 is 2.44 bits per heavy atom. The number of Topliss-reactive ketones (excluding diaryl/α,β-unsaturated/α-hetero) is 1. The van der Waals surface area contributed by atoms with Crippen LogP contribution in [-0.4, -0.2) is 16.7 Å². The molecule has 5 heteroatoms. The molecular weight excluding hydrogens is 282 g/mol. The third-order valence-electron chi connectivity index (χ3n) is 1.75. The van der Waals surface area contributed by atoms with Crippen LogP contribution < -0.4 is 4.74 Å². The van der Waals surface area contributed by atoms with Crippen LogP contribution in [0.3, 0.4) is 0 Å². The molecule has 0 aliphatic carbocycles. The Morgan fingerprint density at radius 1 is 1.38 bits per heavy atom. The van der Waals surface area contributed by atoms with E-state index >= 15 is 0 Å². The first-order valence-electron chi connectivity index (χ1n) is 4.69. The number of ether oxygens (including phenoxy) is 1. The summed E-state index contributed by atoms with van der Waals surface area (Å²) in [5.41, 5.74) is -0.127. The highest BCUT2D eigenvalue weighted by Gasteiger charge is 2.37. The van der Waals surface area contributed by atoms with Gasteiger partial charge in [0.1, 0.15) is 5.75 Å². The number of alkyl halides is 3. The molecule has 0 heterocycles. The molecule has 88 valence electrons. The lowest BCUT2D eigenvalue weighted by atomic mass is 10.1. The lowest BCUT2D eigenvalue weighted by Gasteiger charge is -2.14. The molecule has 0 bridgehead atoms. The Kier molecular flexibility index (Phi) is 4.02. The van der Waals surface area contributed by atoms with Gasteiger partial charge in [0.2, 0.25) is 5.78 Å². The van der Waals surface area contributed by atoms with Crippen LogP contribution >= 0.6 is 15.9 Å². The van der Waals surface area contributed by atoms with Gasteiger partial charge in [-0.05, 0) is 41.9 Å². The molecule has 1 rings (SSSR count). The van der Waals surface area contributed by atoms with Crippen LogP contribution in [-0.2, 0) is 0 Å². The molecule has 0 aromatic heterocycles. The molecule has 0 unspecified atom stereocenters. The van der Waals surface area contributed by atoms with E-state index in [9.17, 15) is 13.6 Å². The van der Waals surface area contributed by atoms with E-state index in [1.54, 1.807) is 19.9 Å². The second kappa shape index (κ2) is 4.91. The minimum absolute atomic E-state index is 0.127. The molecule has 0 fully saturated rings. The Morgan fingerprint density at radius 2 is 1.94 bits per heavy atom. The first-order valence-corrected chi connectivity index (χ1v) is 5.49. The Labute approximate surface area is 101 Å². The van der Waals surface area contributed by atoms with Gasteiger partial charge in [-0.1, -0.05) is 12.1 Å². The summed E-state index contributed by atoms with van der Waals surface area (Å²) in [6, 6.07) is 5.95. The van der Waals surface area contributed by atoms with Crippen molar-refractivity contribution < 1.29 is 18.3 Å². The second-order valence-electron chi connectivity index (χ2n) is 3.49. The molecule has 2 nitrogen and oxygen atoms in total. The summed E-state index contributed by atoms with van der Waals surface area (Å²) < 4.78 is 30.9. The Hall–Kier alpha value is -0.970. The standard InChI is InChI=1S/C11H11BrF2O2/c1-7(2)16-9-6-4-3-5-8(9)10(15)11(12,13)14/h3-7H,1-2H3. The topological polar surface area (TPSA) is 26.3 Å². The van der Waals surface area contributed by atoms with Gasteiger partial charge in [-0.25, -0.2) is 0 Å². The maximum Gasteiger partial charge on any atom is 0.363 e. The largest absolute Gasteiger partial charge is 0.490 e. The molecule has 1 aromatic carbocycles. The van der Waals surface area contributed by atoms with Crippen molar-refractivity contribution in [3.63, 3.8) is 0 Å². The van der Waals surface area contributed by atoms with Crippen molar-refractivity contribution in [1.29, 1.82) is 0 Å². The second-order valence-corrected chi connectivity index (χ2v) is 4.49. The van der Waals surface area contributed by atoms with Crippen molar-refractivity contribution >= 4 is 21.7 Å². The van der Waals surface area contributed by atoms with E-state index in [0.29, 0.717) is 0 Å². The number of carbonyl (C=O) groups is 1. The summed E-state index contributed by atoms with van der Waals surface area (Å²) >= 11 is 2.04. The molecule has 0 amide bonds. The zero-order valence-corrected chi connectivity index (χ0v) is 10.4. The highest BCUT2D eigenvalue weighted by atomic mass is 79.9. The zero-order chi connectivity index (χ0) is 12.3. The first kappa shape index (κ1) is 13.1. The van der Waals surface area contributed by atoms with Gasteiger partial charge in [-0.2, -0.15) is 8.78 Å². The fraction of sp³-hybridized carbons (Fsp3) is 0.364. The molecule has 1 aromatic rings. The summed E-state index contributed by atoms with van der Waals surface area (Å²) in [6.07, 6.45) is -0.183. The molecule has 0 saturated heterocycles. The number of hydrogen-bond donors (Lipinski definition) is 0. The van der Waals surface area contributed by atoms with E-state index in [-0.39, 0.29) is 17.4 Å². The number of carbonyl (C=O) groups excluding carboxylic acids is 1.